The fourth-order valence-corrected chi connectivity index (χ4v) is 3.67. The number of hydrogen-bond donors (Lipinski definition) is 2. The van der Waals surface area contributed by atoms with Crippen LogP contribution in [0.3, 0.4) is 0 Å². The first-order chi connectivity index (χ1) is 11.9. The minimum absolute atomic E-state index is 0.0465. The molecular weight excluding hydrogens is 350 g/mol. The Morgan fingerprint density at radius 1 is 1.32 bits per heavy atom. The number of carbonyl (C=O) groups is 2. The number of rotatable bonds is 4. The van der Waals surface area contributed by atoms with Gasteiger partial charge in [-0.15, -0.1) is 11.3 Å². The molecule has 0 radical (unpaired) electrons. The molecule has 2 heterocycles. The molecule has 0 spiro atoms. The first-order valence-electron chi connectivity index (χ1n) is 7.64. The Hall–Kier alpha value is -2.39. The van der Waals surface area contributed by atoms with Gasteiger partial charge in [0.25, 0.3) is 0 Å². The molecule has 9 heteroatoms. The van der Waals surface area contributed by atoms with Crippen LogP contribution in [0.25, 0.3) is 0 Å². The Labute approximate surface area is 146 Å². The third-order valence-corrected chi connectivity index (χ3v) is 4.66. The molecular formula is C16H16F2N4O2S. The van der Waals surface area contributed by atoms with Gasteiger partial charge in [-0.05, 0) is 12.1 Å². The maximum absolute atomic E-state index is 13.6. The zero-order valence-corrected chi connectivity index (χ0v) is 14.3. The number of halogens is 2. The molecule has 1 aromatic heterocycles. The van der Waals surface area contributed by atoms with Gasteiger partial charge >= 0.3 is 0 Å². The summed E-state index contributed by atoms with van der Waals surface area (Å²) >= 11 is 1.38. The van der Waals surface area contributed by atoms with E-state index in [1.807, 2.05) is 4.90 Å². The van der Waals surface area contributed by atoms with Gasteiger partial charge in [0.1, 0.15) is 11.6 Å². The fourth-order valence-electron chi connectivity index (χ4n) is 2.57. The summed E-state index contributed by atoms with van der Waals surface area (Å²) in [5.41, 5.74) is 0.879. The average molecular weight is 366 g/mol. The van der Waals surface area contributed by atoms with E-state index in [1.54, 1.807) is 0 Å². The summed E-state index contributed by atoms with van der Waals surface area (Å²) in [7, 11) is 0. The molecule has 0 aliphatic carbocycles. The van der Waals surface area contributed by atoms with E-state index in [0.29, 0.717) is 24.6 Å². The normalized spacial score (nSPS) is 14.0. The molecule has 0 unspecified atom stereocenters. The van der Waals surface area contributed by atoms with Crippen molar-refractivity contribution in [2.75, 3.05) is 23.7 Å². The van der Waals surface area contributed by atoms with Crippen LogP contribution in [-0.2, 0) is 22.6 Å². The minimum atomic E-state index is -0.809. The van der Waals surface area contributed by atoms with E-state index >= 15 is 0 Å². The van der Waals surface area contributed by atoms with Crippen LogP contribution in [0.5, 0.6) is 0 Å². The van der Waals surface area contributed by atoms with Crippen LogP contribution in [-0.4, -0.2) is 34.8 Å². The minimum Gasteiger partial charge on any atom is -0.322 e. The highest BCUT2D eigenvalue weighted by molar-refractivity contribution is 7.15. The topological polar surface area (TPSA) is 74.3 Å². The molecule has 6 nitrogen and oxygen atoms in total. The molecule has 0 fully saturated rings. The first-order valence-corrected chi connectivity index (χ1v) is 8.46. The number of carbonyl (C=O) groups excluding carboxylic acids is 2. The highest BCUT2D eigenvalue weighted by Crippen LogP contribution is 2.28. The second-order valence-electron chi connectivity index (χ2n) is 5.70. The molecule has 1 aliphatic heterocycles. The molecule has 0 atom stereocenters. The number of benzene rings is 1. The van der Waals surface area contributed by atoms with E-state index < -0.39 is 11.6 Å². The molecule has 25 heavy (non-hydrogen) atoms. The molecule has 3 rings (SSSR count). The number of thiazole rings is 1. The van der Waals surface area contributed by atoms with Crippen LogP contribution in [0.15, 0.2) is 18.2 Å². The Balaban J connectivity index is 1.59. The Kier molecular flexibility index (Phi) is 5.05. The lowest BCUT2D eigenvalue weighted by Crippen LogP contribution is -2.36. The van der Waals surface area contributed by atoms with Gasteiger partial charge in [-0.2, -0.15) is 0 Å². The number of hydrogen-bond acceptors (Lipinski definition) is 5. The summed E-state index contributed by atoms with van der Waals surface area (Å²) in [6, 6.07) is 3.01. The van der Waals surface area contributed by atoms with Gasteiger partial charge in [0.05, 0.1) is 17.9 Å². The van der Waals surface area contributed by atoms with Crippen molar-refractivity contribution < 1.29 is 18.4 Å². The van der Waals surface area contributed by atoms with Gasteiger partial charge in [0.2, 0.25) is 11.8 Å². The standard InChI is InChI=1S/C16H16F2N4O2S/c1-9(23)19-16-21-13-4-5-22(7-14(13)25-16)8-15(24)20-12-3-2-10(17)6-11(12)18/h2-3,6H,4-5,7-8H2,1H3,(H,20,24)(H,19,21,23). The number of fused-ring (bicyclic) bond motifs is 1. The van der Waals surface area contributed by atoms with E-state index in [9.17, 15) is 18.4 Å². The summed E-state index contributed by atoms with van der Waals surface area (Å²) < 4.78 is 26.5. The van der Waals surface area contributed by atoms with Crippen molar-refractivity contribution in [2.24, 2.45) is 0 Å². The van der Waals surface area contributed by atoms with Crippen LogP contribution >= 0.6 is 11.3 Å². The predicted molar refractivity (Wildman–Crippen MR) is 90.4 cm³/mol. The van der Waals surface area contributed by atoms with Gasteiger partial charge in [-0.25, -0.2) is 13.8 Å². The summed E-state index contributed by atoms with van der Waals surface area (Å²) in [4.78, 5) is 30.5. The van der Waals surface area contributed by atoms with Crippen LogP contribution in [0.2, 0.25) is 0 Å². The summed E-state index contributed by atoms with van der Waals surface area (Å²) in [5.74, 6) is -2.06. The van der Waals surface area contributed by atoms with Crippen molar-refractivity contribution in [3.05, 3.63) is 40.4 Å². The van der Waals surface area contributed by atoms with Gasteiger partial charge in [0.15, 0.2) is 5.13 Å². The molecule has 1 aromatic carbocycles. The first kappa shape index (κ1) is 17.4. The second kappa shape index (κ2) is 7.24. The zero-order chi connectivity index (χ0) is 18.0. The maximum atomic E-state index is 13.6. The van der Waals surface area contributed by atoms with Gasteiger partial charge < -0.3 is 10.6 Å². The van der Waals surface area contributed by atoms with Crippen LogP contribution in [0.4, 0.5) is 19.6 Å². The lowest BCUT2D eigenvalue weighted by molar-refractivity contribution is -0.117. The van der Waals surface area contributed by atoms with Gasteiger partial charge in [0, 0.05) is 37.4 Å². The lowest BCUT2D eigenvalue weighted by atomic mass is 10.2. The third-order valence-electron chi connectivity index (χ3n) is 3.67. The van der Waals surface area contributed by atoms with E-state index in [0.717, 1.165) is 22.7 Å². The Morgan fingerprint density at radius 3 is 2.84 bits per heavy atom. The third kappa shape index (κ3) is 4.37. The smallest absolute Gasteiger partial charge is 0.238 e. The van der Waals surface area contributed by atoms with E-state index in [2.05, 4.69) is 15.6 Å². The number of nitrogens with one attached hydrogen (secondary N) is 2. The van der Waals surface area contributed by atoms with Gasteiger partial charge in [-0.1, -0.05) is 0 Å². The molecule has 132 valence electrons. The highest BCUT2D eigenvalue weighted by atomic mass is 32.1. The van der Waals surface area contributed by atoms with Crippen molar-refractivity contribution in [3.63, 3.8) is 0 Å². The second-order valence-corrected chi connectivity index (χ2v) is 6.79. The monoisotopic (exact) mass is 366 g/mol. The SMILES string of the molecule is CC(=O)Nc1nc2c(s1)CN(CC(=O)Nc1ccc(F)cc1F)CC2. The quantitative estimate of drug-likeness (QED) is 0.871. The molecule has 1 aliphatic rings. The largest absolute Gasteiger partial charge is 0.322 e. The van der Waals surface area contributed by atoms with Crippen molar-refractivity contribution in [2.45, 2.75) is 19.9 Å². The highest BCUT2D eigenvalue weighted by Gasteiger charge is 2.23. The number of aromatic nitrogens is 1. The van der Waals surface area contributed by atoms with Crippen molar-refractivity contribution >= 4 is 34.0 Å². The fraction of sp³-hybridized carbons (Fsp3) is 0.312. The van der Waals surface area contributed by atoms with Crippen molar-refractivity contribution in [1.29, 1.82) is 0 Å². The van der Waals surface area contributed by atoms with Crippen molar-refractivity contribution in [1.82, 2.24) is 9.88 Å². The number of nitrogens with zero attached hydrogens (tertiary/aromatic N) is 2. The van der Waals surface area contributed by atoms with Crippen LogP contribution in [0, 0.1) is 11.6 Å². The van der Waals surface area contributed by atoms with E-state index in [4.69, 9.17) is 0 Å². The molecule has 2 amide bonds. The van der Waals surface area contributed by atoms with Gasteiger partial charge in [-0.3, -0.25) is 14.5 Å². The predicted octanol–water partition coefficient (Wildman–Crippen LogP) is 2.38. The van der Waals surface area contributed by atoms with Crippen LogP contribution < -0.4 is 10.6 Å². The number of amides is 2. The Morgan fingerprint density at radius 2 is 2.12 bits per heavy atom. The summed E-state index contributed by atoms with van der Waals surface area (Å²) in [6.45, 7) is 2.68. The molecule has 0 saturated heterocycles. The summed E-state index contributed by atoms with van der Waals surface area (Å²) in [6.07, 6.45) is 0.670. The van der Waals surface area contributed by atoms with E-state index in [1.165, 1.54) is 24.3 Å². The number of anilines is 2. The molecule has 0 saturated carbocycles. The maximum Gasteiger partial charge on any atom is 0.238 e. The summed E-state index contributed by atoms with van der Waals surface area (Å²) in [5, 5.41) is 5.66. The zero-order valence-electron chi connectivity index (χ0n) is 13.4. The lowest BCUT2D eigenvalue weighted by Gasteiger charge is -2.25. The molecule has 2 N–H and O–H groups in total. The average Bonchev–Trinajstić information content (AvgIpc) is 2.90. The van der Waals surface area contributed by atoms with Crippen molar-refractivity contribution in [3.8, 4) is 0 Å². The molecule has 2 aromatic rings. The van der Waals surface area contributed by atoms with Crippen LogP contribution in [0.1, 0.15) is 17.5 Å². The molecule has 0 bridgehead atoms. The Bertz CT molecular complexity index is 824. The van der Waals surface area contributed by atoms with E-state index in [-0.39, 0.29) is 24.0 Å².